The number of carbonyl (C=O) groups excluding carboxylic acids is 1. The summed E-state index contributed by atoms with van der Waals surface area (Å²) in [5.74, 6) is 0.0577. The van der Waals surface area contributed by atoms with Gasteiger partial charge in [-0.1, -0.05) is 6.07 Å². The third-order valence-electron chi connectivity index (χ3n) is 3.94. The Morgan fingerprint density at radius 2 is 2.00 bits per heavy atom. The number of aromatic nitrogens is 1. The van der Waals surface area contributed by atoms with Crippen molar-refractivity contribution in [3.8, 4) is 11.3 Å². The van der Waals surface area contributed by atoms with Gasteiger partial charge in [-0.3, -0.25) is 9.52 Å². The normalized spacial score (nSPS) is 16.5. The quantitative estimate of drug-likeness (QED) is 0.921. The minimum Gasteiger partial charge on any atom is -0.314 e. The van der Waals surface area contributed by atoms with Crippen LogP contribution in [0.5, 0.6) is 0 Å². The number of carbonyl (C=O) groups is 1. The van der Waals surface area contributed by atoms with Crippen molar-refractivity contribution in [2.45, 2.75) is 19.3 Å². The minimum atomic E-state index is -3.34. The molecule has 2 heterocycles. The van der Waals surface area contributed by atoms with Gasteiger partial charge in [0, 0.05) is 23.7 Å². The van der Waals surface area contributed by atoms with Crippen molar-refractivity contribution in [1.29, 1.82) is 0 Å². The molecule has 0 saturated heterocycles. The number of thiazole rings is 1. The van der Waals surface area contributed by atoms with E-state index in [4.69, 9.17) is 0 Å². The molecule has 0 unspecified atom stereocenters. The number of anilines is 2. The molecular weight excluding hydrogens is 334 g/mol. The zero-order chi connectivity index (χ0) is 17.0. The molecule has 0 fully saturated rings. The Labute approximate surface area is 139 Å². The van der Waals surface area contributed by atoms with E-state index in [9.17, 15) is 13.2 Å². The number of amides is 1. The summed E-state index contributed by atoms with van der Waals surface area (Å²) < 4.78 is 24.9. The van der Waals surface area contributed by atoms with Crippen LogP contribution in [-0.4, -0.2) is 32.6 Å². The zero-order valence-corrected chi connectivity index (χ0v) is 14.9. The second kappa shape index (κ2) is 5.04. The first-order chi connectivity index (χ1) is 10.6. The zero-order valence-electron chi connectivity index (χ0n) is 13.2. The molecule has 0 radical (unpaired) electrons. The average molecular weight is 351 g/mol. The molecule has 3 rings (SSSR count). The summed E-state index contributed by atoms with van der Waals surface area (Å²) in [6, 6.07) is 5.75. The van der Waals surface area contributed by atoms with Crippen LogP contribution in [0.15, 0.2) is 23.6 Å². The van der Waals surface area contributed by atoms with Crippen LogP contribution in [0.2, 0.25) is 0 Å². The fraction of sp³-hybridized carbons (Fsp3) is 0.333. The minimum absolute atomic E-state index is 0.0577. The fourth-order valence-electron chi connectivity index (χ4n) is 2.74. The maximum Gasteiger partial charge on any atom is 0.236 e. The smallest absolute Gasteiger partial charge is 0.236 e. The van der Waals surface area contributed by atoms with E-state index in [0.717, 1.165) is 23.1 Å². The first-order valence-corrected chi connectivity index (χ1v) is 9.73. The SMILES string of the molecule is CN1C(=O)C(C)(C)c2cc(-c3csc(NS(C)(=O)=O)n3)ccc21. The molecule has 0 spiro atoms. The molecule has 1 aromatic carbocycles. The Balaban J connectivity index is 2.01. The molecule has 2 aromatic rings. The van der Waals surface area contributed by atoms with E-state index in [2.05, 4.69) is 9.71 Å². The molecule has 1 aliphatic rings. The summed E-state index contributed by atoms with van der Waals surface area (Å²) in [6.07, 6.45) is 1.09. The largest absolute Gasteiger partial charge is 0.314 e. The van der Waals surface area contributed by atoms with Gasteiger partial charge in [-0.25, -0.2) is 13.4 Å². The third kappa shape index (κ3) is 2.72. The number of likely N-dealkylation sites (N-methyl/N-ethyl adjacent to an activating group) is 1. The molecule has 1 N–H and O–H groups in total. The van der Waals surface area contributed by atoms with Gasteiger partial charge in [0.05, 0.1) is 17.4 Å². The average Bonchev–Trinajstić information content (AvgIpc) is 2.96. The molecule has 6 nitrogen and oxygen atoms in total. The third-order valence-corrected chi connectivity index (χ3v) is 5.39. The van der Waals surface area contributed by atoms with Gasteiger partial charge >= 0.3 is 0 Å². The molecule has 23 heavy (non-hydrogen) atoms. The van der Waals surface area contributed by atoms with E-state index in [0.29, 0.717) is 10.8 Å². The van der Waals surface area contributed by atoms with Gasteiger partial charge in [0.1, 0.15) is 0 Å². The molecule has 122 valence electrons. The van der Waals surface area contributed by atoms with Crippen LogP contribution < -0.4 is 9.62 Å². The molecule has 1 aromatic heterocycles. The molecule has 8 heteroatoms. The predicted octanol–water partition coefficient (Wildman–Crippen LogP) is 2.44. The second-order valence-corrected chi connectivity index (χ2v) is 8.74. The lowest BCUT2D eigenvalue weighted by molar-refractivity contribution is -0.121. The van der Waals surface area contributed by atoms with Crippen molar-refractivity contribution in [2.24, 2.45) is 0 Å². The van der Waals surface area contributed by atoms with Gasteiger partial charge < -0.3 is 4.90 Å². The van der Waals surface area contributed by atoms with Crippen LogP contribution in [0.25, 0.3) is 11.3 Å². The number of fused-ring (bicyclic) bond motifs is 1. The number of sulfonamides is 1. The van der Waals surface area contributed by atoms with Gasteiger partial charge in [0.2, 0.25) is 15.9 Å². The maximum atomic E-state index is 12.3. The topological polar surface area (TPSA) is 79.4 Å². The van der Waals surface area contributed by atoms with Crippen LogP contribution in [0.3, 0.4) is 0 Å². The molecule has 0 bridgehead atoms. The molecule has 1 amide bonds. The Hall–Kier alpha value is -1.93. The molecule has 0 saturated carbocycles. The van der Waals surface area contributed by atoms with Crippen LogP contribution in [0.1, 0.15) is 19.4 Å². The number of hydrogen-bond donors (Lipinski definition) is 1. The van der Waals surface area contributed by atoms with E-state index in [-0.39, 0.29) is 5.91 Å². The van der Waals surface area contributed by atoms with Crippen LogP contribution >= 0.6 is 11.3 Å². The van der Waals surface area contributed by atoms with Crippen molar-refractivity contribution < 1.29 is 13.2 Å². The monoisotopic (exact) mass is 351 g/mol. The molecular formula is C15H17N3O3S2. The highest BCUT2D eigenvalue weighted by Crippen LogP contribution is 2.42. The lowest BCUT2D eigenvalue weighted by Crippen LogP contribution is -2.33. The van der Waals surface area contributed by atoms with Crippen LogP contribution in [-0.2, 0) is 20.2 Å². The lowest BCUT2D eigenvalue weighted by Gasteiger charge is -2.16. The van der Waals surface area contributed by atoms with Crippen LogP contribution in [0.4, 0.5) is 10.8 Å². The number of hydrogen-bond acceptors (Lipinski definition) is 5. The first kappa shape index (κ1) is 15.9. The summed E-state index contributed by atoms with van der Waals surface area (Å²) in [4.78, 5) is 18.3. The second-order valence-electron chi connectivity index (χ2n) is 6.13. The van der Waals surface area contributed by atoms with Gasteiger partial charge in [-0.15, -0.1) is 11.3 Å². The van der Waals surface area contributed by atoms with E-state index in [1.54, 1.807) is 17.3 Å². The van der Waals surface area contributed by atoms with Gasteiger partial charge in [0.15, 0.2) is 5.13 Å². The Kier molecular flexibility index (Phi) is 3.49. The maximum absolute atomic E-state index is 12.3. The van der Waals surface area contributed by atoms with Gasteiger partial charge in [0.25, 0.3) is 0 Å². The number of nitrogens with one attached hydrogen (secondary N) is 1. The summed E-state index contributed by atoms with van der Waals surface area (Å²) in [5, 5.41) is 2.12. The van der Waals surface area contributed by atoms with Gasteiger partial charge in [-0.05, 0) is 31.5 Å². The number of rotatable bonds is 3. The van der Waals surface area contributed by atoms with Crippen molar-refractivity contribution in [3.05, 3.63) is 29.1 Å². The van der Waals surface area contributed by atoms with E-state index in [1.807, 2.05) is 32.0 Å². The highest BCUT2D eigenvalue weighted by molar-refractivity contribution is 7.92. The molecule has 1 aliphatic heterocycles. The fourth-order valence-corrected chi connectivity index (χ4v) is 4.32. The van der Waals surface area contributed by atoms with E-state index in [1.165, 1.54) is 11.3 Å². The van der Waals surface area contributed by atoms with Crippen LogP contribution in [0, 0.1) is 0 Å². The van der Waals surface area contributed by atoms with Crippen molar-refractivity contribution in [1.82, 2.24) is 4.98 Å². The van der Waals surface area contributed by atoms with Crippen molar-refractivity contribution in [2.75, 3.05) is 22.9 Å². The summed E-state index contributed by atoms with van der Waals surface area (Å²) in [7, 11) is -1.57. The van der Waals surface area contributed by atoms with Gasteiger partial charge in [-0.2, -0.15) is 0 Å². The molecule has 0 aliphatic carbocycles. The Bertz CT molecular complexity index is 900. The van der Waals surface area contributed by atoms with E-state index >= 15 is 0 Å². The summed E-state index contributed by atoms with van der Waals surface area (Å²) in [5.41, 5.74) is 2.81. The van der Waals surface area contributed by atoms with E-state index < -0.39 is 15.4 Å². The van der Waals surface area contributed by atoms with Crippen molar-refractivity contribution >= 4 is 38.1 Å². The predicted molar refractivity (Wildman–Crippen MR) is 92.5 cm³/mol. The summed E-state index contributed by atoms with van der Waals surface area (Å²) in [6.45, 7) is 3.80. The summed E-state index contributed by atoms with van der Waals surface area (Å²) >= 11 is 1.23. The first-order valence-electron chi connectivity index (χ1n) is 6.96. The van der Waals surface area contributed by atoms with Crippen molar-refractivity contribution in [3.63, 3.8) is 0 Å². The highest BCUT2D eigenvalue weighted by Gasteiger charge is 2.42. The highest BCUT2D eigenvalue weighted by atomic mass is 32.2. The molecule has 0 atom stereocenters. The standard InChI is InChI=1S/C15H17N3O3S2/c1-15(2)10-7-9(5-6-12(10)18(3)13(15)19)11-8-22-14(16-11)17-23(4,20)21/h5-8H,1-4H3,(H,16,17). The Morgan fingerprint density at radius 1 is 1.30 bits per heavy atom. The number of benzene rings is 1. The lowest BCUT2D eigenvalue weighted by atomic mass is 9.85. The number of nitrogens with zero attached hydrogens (tertiary/aromatic N) is 2. The Morgan fingerprint density at radius 3 is 2.65 bits per heavy atom.